The summed E-state index contributed by atoms with van der Waals surface area (Å²) in [5.41, 5.74) is 1.16. The second-order valence-corrected chi connectivity index (χ2v) is 5.85. The molecule has 0 N–H and O–H groups in total. The summed E-state index contributed by atoms with van der Waals surface area (Å²) in [5.74, 6) is 1.15. The monoisotopic (exact) mass is 352 g/mol. The molecule has 0 bridgehead atoms. The second kappa shape index (κ2) is 8.82. The first-order chi connectivity index (χ1) is 12.7. The largest absolute Gasteiger partial charge is 0.485 e. The molecule has 0 fully saturated rings. The summed E-state index contributed by atoms with van der Waals surface area (Å²) < 4.78 is 11.1. The van der Waals surface area contributed by atoms with Crippen LogP contribution in [0.5, 0.6) is 5.75 Å². The van der Waals surface area contributed by atoms with Gasteiger partial charge in [0.2, 0.25) is 0 Å². The number of hydrogen-bond acceptors (Lipinski definition) is 5. The number of nitro benzene ring substituents is 1. The molecule has 26 heavy (non-hydrogen) atoms. The van der Waals surface area contributed by atoms with Crippen LogP contribution in [0, 0.1) is 10.1 Å². The van der Waals surface area contributed by atoms with E-state index in [4.69, 9.17) is 9.15 Å². The van der Waals surface area contributed by atoms with E-state index in [1.165, 1.54) is 11.6 Å². The third kappa shape index (κ3) is 4.94. The van der Waals surface area contributed by atoms with Crippen molar-refractivity contribution in [3.63, 3.8) is 0 Å². The Morgan fingerprint density at radius 2 is 1.73 bits per heavy atom. The van der Waals surface area contributed by atoms with E-state index >= 15 is 0 Å². The fraction of sp³-hybridized carbons (Fsp3) is 0.200. The molecule has 0 radical (unpaired) electrons. The van der Waals surface area contributed by atoms with Gasteiger partial charge in [-0.15, -0.1) is 0 Å². The molecule has 0 saturated carbocycles. The lowest BCUT2D eigenvalue weighted by Gasteiger charge is -2.21. The first kappa shape index (κ1) is 17.7. The highest BCUT2D eigenvalue weighted by Crippen LogP contribution is 2.25. The van der Waals surface area contributed by atoms with Crippen LogP contribution in [0.25, 0.3) is 0 Å². The van der Waals surface area contributed by atoms with E-state index < -0.39 is 4.92 Å². The van der Waals surface area contributed by atoms with Crippen molar-refractivity contribution in [2.75, 3.05) is 13.2 Å². The Morgan fingerprint density at radius 3 is 2.46 bits per heavy atom. The molecule has 0 aliphatic heterocycles. The summed E-state index contributed by atoms with van der Waals surface area (Å²) in [5, 5.41) is 11.1. The number of nitro groups is 1. The molecule has 0 unspecified atom stereocenters. The van der Waals surface area contributed by atoms with Gasteiger partial charge in [-0.05, 0) is 23.8 Å². The Bertz CT molecular complexity index is 819. The summed E-state index contributed by atoms with van der Waals surface area (Å²) in [6.45, 7) is 2.34. The van der Waals surface area contributed by atoms with Crippen molar-refractivity contribution in [2.24, 2.45) is 0 Å². The summed E-state index contributed by atoms with van der Waals surface area (Å²) in [6, 6.07) is 20.3. The highest BCUT2D eigenvalue weighted by Gasteiger charge is 2.15. The van der Waals surface area contributed by atoms with E-state index in [0.717, 1.165) is 12.3 Å². The number of para-hydroxylation sites is 2. The van der Waals surface area contributed by atoms with Gasteiger partial charge < -0.3 is 9.15 Å². The van der Waals surface area contributed by atoms with Gasteiger partial charge in [0, 0.05) is 19.2 Å². The molecule has 3 rings (SSSR count). The fourth-order valence-electron chi connectivity index (χ4n) is 2.69. The Balaban J connectivity index is 1.63. The van der Waals surface area contributed by atoms with Gasteiger partial charge in [0.1, 0.15) is 12.4 Å². The Labute approximate surface area is 151 Å². The van der Waals surface area contributed by atoms with Crippen LogP contribution >= 0.6 is 0 Å². The molecule has 0 amide bonds. The lowest BCUT2D eigenvalue weighted by atomic mass is 10.2. The standard InChI is InChI=1S/C20H20N2O4/c23-22(24)19-10-4-5-11-20(19)26-14-12-21(16-18-9-6-13-25-18)15-17-7-2-1-3-8-17/h1-11,13H,12,14-16H2. The summed E-state index contributed by atoms with van der Waals surface area (Å²) in [4.78, 5) is 12.8. The summed E-state index contributed by atoms with van der Waals surface area (Å²) in [6.07, 6.45) is 1.65. The predicted molar refractivity (Wildman–Crippen MR) is 97.9 cm³/mol. The molecule has 6 heteroatoms. The van der Waals surface area contributed by atoms with Gasteiger partial charge in [-0.3, -0.25) is 15.0 Å². The summed E-state index contributed by atoms with van der Waals surface area (Å²) >= 11 is 0. The Hall–Kier alpha value is -3.12. The van der Waals surface area contributed by atoms with Crippen LogP contribution in [0.3, 0.4) is 0 Å². The number of nitrogens with zero attached hydrogens (tertiary/aromatic N) is 2. The topological polar surface area (TPSA) is 68.8 Å². The fourth-order valence-corrected chi connectivity index (χ4v) is 2.69. The minimum atomic E-state index is -0.431. The van der Waals surface area contributed by atoms with Crippen molar-refractivity contribution >= 4 is 5.69 Å². The van der Waals surface area contributed by atoms with Crippen LogP contribution in [-0.4, -0.2) is 23.0 Å². The second-order valence-electron chi connectivity index (χ2n) is 5.85. The maximum absolute atomic E-state index is 11.1. The van der Waals surface area contributed by atoms with Crippen molar-refractivity contribution < 1.29 is 14.1 Å². The van der Waals surface area contributed by atoms with E-state index in [-0.39, 0.29) is 11.4 Å². The molecule has 6 nitrogen and oxygen atoms in total. The highest BCUT2D eigenvalue weighted by molar-refractivity contribution is 5.45. The maximum Gasteiger partial charge on any atom is 0.310 e. The van der Waals surface area contributed by atoms with Crippen LogP contribution < -0.4 is 4.74 Å². The molecule has 1 aromatic heterocycles. The maximum atomic E-state index is 11.1. The minimum absolute atomic E-state index is 0.0202. The number of rotatable bonds is 9. The van der Waals surface area contributed by atoms with Crippen molar-refractivity contribution in [3.05, 3.63) is 94.4 Å². The van der Waals surface area contributed by atoms with Gasteiger partial charge in [-0.25, -0.2) is 0 Å². The zero-order valence-electron chi connectivity index (χ0n) is 14.3. The molecule has 3 aromatic rings. The van der Waals surface area contributed by atoms with Gasteiger partial charge in [0.05, 0.1) is 17.7 Å². The van der Waals surface area contributed by atoms with E-state index in [1.54, 1.807) is 24.5 Å². The lowest BCUT2D eigenvalue weighted by Crippen LogP contribution is -2.27. The number of hydrogen-bond donors (Lipinski definition) is 0. The first-order valence-electron chi connectivity index (χ1n) is 8.37. The van der Waals surface area contributed by atoms with Crippen LogP contribution in [0.2, 0.25) is 0 Å². The SMILES string of the molecule is O=[N+]([O-])c1ccccc1OCCN(Cc1ccccc1)Cc1ccco1. The molecular formula is C20H20N2O4. The van der Waals surface area contributed by atoms with Crippen LogP contribution in [-0.2, 0) is 13.1 Å². The number of ether oxygens (including phenoxy) is 1. The molecule has 0 spiro atoms. The average molecular weight is 352 g/mol. The third-order valence-corrected chi connectivity index (χ3v) is 3.94. The predicted octanol–water partition coefficient (Wildman–Crippen LogP) is 4.27. The van der Waals surface area contributed by atoms with Crippen molar-refractivity contribution in [3.8, 4) is 5.75 Å². The van der Waals surface area contributed by atoms with Gasteiger partial charge in [0.25, 0.3) is 0 Å². The van der Waals surface area contributed by atoms with E-state index in [1.807, 2.05) is 30.3 Å². The van der Waals surface area contributed by atoms with Crippen LogP contribution in [0.15, 0.2) is 77.4 Å². The zero-order valence-corrected chi connectivity index (χ0v) is 14.3. The molecule has 0 aliphatic carbocycles. The molecule has 0 aliphatic rings. The van der Waals surface area contributed by atoms with Crippen molar-refractivity contribution in [2.45, 2.75) is 13.1 Å². The van der Waals surface area contributed by atoms with Gasteiger partial charge in [-0.2, -0.15) is 0 Å². The zero-order chi connectivity index (χ0) is 18.2. The number of benzene rings is 2. The normalized spacial score (nSPS) is 10.8. The quantitative estimate of drug-likeness (QED) is 0.425. The summed E-state index contributed by atoms with van der Waals surface area (Å²) in [7, 11) is 0. The van der Waals surface area contributed by atoms with E-state index in [2.05, 4.69) is 17.0 Å². The van der Waals surface area contributed by atoms with Gasteiger partial charge in [0.15, 0.2) is 5.75 Å². The molecule has 2 aromatic carbocycles. The molecule has 134 valence electrons. The lowest BCUT2D eigenvalue weighted by molar-refractivity contribution is -0.385. The highest BCUT2D eigenvalue weighted by atomic mass is 16.6. The van der Waals surface area contributed by atoms with E-state index in [9.17, 15) is 10.1 Å². The minimum Gasteiger partial charge on any atom is -0.485 e. The van der Waals surface area contributed by atoms with Crippen molar-refractivity contribution in [1.82, 2.24) is 4.90 Å². The average Bonchev–Trinajstić information content (AvgIpc) is 3.16. The smallest absolute Gasteiger partial charge is 0.310 e. The molecule has 0 atom stereocenters. The Kier molecular flexibility index (Phi) is 6.01. The molecule has 0 saturated heterocycles. The Morgan fingerprint density at radius 1 is 0.962 bits per heavy atom. The van der Waals surface area contributed by atoms with E-state index in [0.29, 0.717) is 19.7 Å². The van der Waals surface area contributed by atoms with Crippen LogP contribution in [0.1, 0.15) is 11.3 Å². The number of furan rings is 1. The van der Waals surface area contributed by atoms with Crippen LogP contribution in [0.4, 0.5) is 5.69 Å². The van der Waals surface area contributed by atoms with Gasteiger partial charge >= 0.3 is 5.69 Å². The molecular weight excluding hydrogens is 332 g/mol. The van der Waals surface area contributed by atoms with Crippen molar-refractivity contribution in [1.29, 1.82) is 0 Å². The van der Waals surface area contributed by atoms with Gasteiger partial charge in [-0.1, -0.05) is 42.5 Å². The third-order valence-electron chi connectivity index (χ3n) is 3.94. The first-order valence-corrected chi connectivity index (χ1v) is 8.37. The molecule has 1 heterocycles.